The molecular weight excluding hydrogens is 220 g/mol. The van der Waals surface area contributed by atoms with Crippen molar-refractivity contribution in [2.45, 2.75) is 33.6 Å². The van der Waals surface area contributed by atoms with Gasteiger partial charge in [0, 0.05) is 6.54 Å². The molecule has 2 atom stereocenters. The maximum atomic E-state index is 9.21. The molecule has 2 heteroatoms. The first-order valence-corrected chi connectivity index (χ1v) is 6.60. The van der Waals surface area contributed by atoms with Crippen molar-refractivity contribution in [2.24, 2.45) is 11.3 Å². The maximum absolute atomic E-state index is 9.21. The molecule has 2 nitrogen and oxygen atoms in total. The lowest BCUT2D eigenvalue weighted by atomic mass is 9.82. The van der Waals surface area contributed by atoms with Crippen molar-refractivity contribution in [1.29, 1.82) is 5.26 Å². The predicted octanol–water partition coefficient (Wildman–Crippen LogP) is 3.57. The Morgan fingerprint density at radius 1 is 1.17 bits per heavy atom. The van der Waals surface area contributed by atoms with Crippen LogP contribution in [0.15, 0.2) is 30.3 Å². The lowest BCUT2D eigenvalue weighted by Gasteiger charge is -2.27. The van der Waals surface area contributed by atoms with Gasteiger partial charge >= 0.3 is 0 Å². The van der Waals surface area contributed by atoms with Crippen molar-refractivity contribution in [2.75, 3.05) is 13.1 Å². The zero-order chi connectivity index (χ0) is 13.6. The monoisotopic (exact) mass is 244 g/mol. The van der Waals surface area contributed by atoms with Gasteiger partial charge in [-0.3, -0.25) is 0 Å². The fourth-order valence-corrected chi connectivity index (χ4v) is 1.67. The highest BCUT2D eigenvalue weighted by molar-refractivity contribution is 5.24. The standard InChI is InChI=1S/C16H24N2/c1-13(16(2,3)4)11-18-12-15(10-17)14-8-6-5-7-9-14/h5-9,13,15,18H,11-12H2,1-4H3. The molecule has 0 radical (unpaired) electrons. The van der Waals surface area contributed by atoms with E-state index >= 15 is 0 Å². The van der Waals surface area contributed by atoms with E-state index in [0.29, 0.717) is 11.3 Å². The molecule has 0 aliphatic heterocycles. The molecule has 98 valence electrons. The maximum Gasteiger partial charge on any atom is 0.0837 e. The molecule has 0 saturated carbocycles. The average Bonchev–Trinajstić information content (AvgIpc) is 2.34. The summed E-state index contributed by atoms with van der Waals surface area (Å²) in [4.78, 5) is 0. The molecule has 0 aromatic heterocycles. The van der Waals surface area contributed by atoms with Crippen LogP contribution >= 0.6 is 0 Å². The first-order chi connectivity index (χ1) is 8.45. The molecule has 2 unspecified atom stereocenters. The van der Waals surface area contributed by atoms with Crippen LogP contribution in [-0.4, -0.2) is 13.1 Å². The van der Waals surface area contributed by atoms with Gasteiger partial charge < -0.3 is 5.32 Å². The third-order valence-corrected chi connectivity index (χ3v) is 3.64. The van der Waals surface area contributed by atoms with Gasteiger partial charge in [0.2, 0.25) is 0 Å². The minimum atomic E-state index is -0.0571. The van der Waals surface area contributed by atoms with Gasteiger partial charge in [0.15, 0.2) is 0 Å². The number of hydrogen-bond acceptors (Lipinski definition) is 2. The Hall–Kier alpha value is -1.33. The Bertz CT molecular complexity index is 384. The fraction of sp³-hybridized carbons (Fsp3) is 0.562. The van der Waals surface area contributed by atoms with E-state index in [1.54, 1.807) is 0 Å². The number of nitrogens with one attached hydrogen (secondary N) is 1. The third-order valence-electron chi connectivity index (χ3n) is 3.64. The Morgan fingerprint density at radius 3 is 2.28 bits per heavy atom. The molecule has 0 spiro atoms. The summed E-state index contributed by atoms with van der Waals surface area (Å²) in [5.41, 5.74) is 1.40. The molecule has 0 amide bonds. The zero-order valence-electron chi connectivity index (χ0n) is 11.9. The van der Waals surface area contributed by atoms with E-state index in [2.05, 4.69) is 39.1 Å². The minimum Gasteiger partial charge on any atom is -0.315 e. The van der Waals surface area contributed by atoms with Crippen LogP contribution in [-0.2, 0) is 0 Å². The molecule has 0 aliphatic carbocycles. The first-order valence-electron chi connectivity index (χ1n) is 6.60. The fourth-order valence-electron chi connectivity index (χ4n) is 1.67. The summed E-state index contributed by atoms with van der Waals surface area (Å²) in [6.07, 6.45) is 0. The molecule has 1 N–H and O–H groups in total. The van der Waals surface area contributed by atoms with E-state index < -0.39 is 0 Å². The van der Waals surface area contributed by atoms with Crippen LogP contribution in [0, 0.1) is 22.7 Å². The highest BCUT2D eigenvalue weighted by Gasteiger charge is 2.20. The number of hydrogen-bond donors (Lipinski definition) is 1. The topological polar surface area (TPSA) is 35.8 Å². The molecular formula is C16H24N2. The van der Waals surface area contributed by atoms with Gasteiger partial charge in [0.05, 0.1) is 12.0 Å². The van der Waals surface area contributed by atoms with E-state index in [4.69, 9.17) is 0 Å². The van der Waals surface area contributed by atoms with Gasteiger partial charge in [0.25, 0.3) is 0 Å². The average molecular weight is 244 g/mol. The van der Waals surface area contributed by atoms with Crippen molar-refractivity contribution in [3.8, 4) is 6.07 Å². The molecule has 1 rings (SSSR count). The van der Waals surface area contributed by atoms with E-state index in [1.165, 1.54) is 0 Å². The van der Waals surface area contributed by atoms with E-state index in [0.717, 1.165) is 18.7 Å². The van der Waals surface area contributed by atoms with Crippen LogP contribution in [0.2, 0.25) is 0 Å². The van der Waals surface area contributed by atoms with Crippen molar-refractivity contribution >= 4 is 0 Å². The van der Waals surface area contributed by atoms with Gasteiger partial charge in [-0.1, -0.05) is 58.0 Å². The Kier molecular flexibility index (Phi) is 5.37. The van der Waals surface area contributed by atoms with Gasteiger partial charge in [-0.25, -0.2) is 0 Å². The minimum absolute atomic E-state index is 0.0571. The molecule has 0 saturated heterocycles. The summed E-state index contributed by atoms with van der Waals surface area (Å²) >= 11 is 0. The quantitative estimate of drug-likeness (QED) is 0.859. The molecule has 1 aromatic carbocycles. The van der Waals surface area contributed by atoms with Crippen LogP contribution in [0.25, 0.3) is 0 Å². The van der Waals surface area contributed by atoms with Crippen LogP contribution < -0.4 is 5.32 Å². The SMILES string of the molecule is CC(CNCC(C#N)c1ccccc1)C(C)(C)C. The predicted molar refractivity (Wildman–Crippen MR) is 76.3 cm³/mol. The van der Waals surface area contributed by atoms with Gasteiger partial charge in [-0.05, 0) is 23.4 Å². The van der Waals surface area contributed by atoms with Gasteiger partial charge in [-0.15, -0.1) is 0 Å². The van der Waals surface area contributed by atoms with Crippen LogP contribution in [0.3, 0.4) is 0 Å². The largest absolute Gasteiger partial charge is 0.315 e. The molecule has 1 aromatic rings. The summed E-state index contributed by atoms with van der Waals surface area (Å²) in [5.74, 6) is 0.533. The van der Waals surface area contributed by atoms with Crippen molar-refractivity contribution in [3.63, 3.8) is 0 Å². The van der Waals surface area contributed by atoms with Crippen LogP contribution in [0.4, 0.5) is 0 Å². The van der Waals surface area contributed by atoms with Gasteiger partial charge in [0.1, 0.15) is 0 Å². The second-order valence-corrected chi connectivity index (χ2v) is 6.02. The van der Waals surface area contributed by atoms with E-state index in [9.17, 15) is 5.26 Å². The second kappa shape index (κ2) is 6.56. The third kappa shape index (κ3) is 4.50. The normalized spacial score (nSPS) is 14.8. The molecule has 0 heterocycles. The summed E-state index contributed by atoms with van der Waals surface area (Å²) in [6.45, 7) is 10.7. The molecule has 0 bridgehead atoms. The molecule has 18 heavy (non-hydrogen) atoms. The summed E-state index contributed by atoms with van der Waals surface area (Å²) in [7, 11) is 0. The Labute approximate surface area is 111 Å². The van der Waals surface area contributed by atoms with Crippen molar-refractivity contribution < 1.29 is 0 Å². The number of rotatable bonds is 5. The number of nitrogens with zero attached hydrogens (tertiary/aromatic N) is 1. The number of nitriles is 1. The van der Waals surface area contributed by atoms with E-state index in [1.807, 2.05) is 30.3 Å². The Balaban J connectivity index is 2.45. The molecule has 0 aliphatic rings. The lowest BCUT2D eigenvalue weighted by Crippen LogP contribution is -2.32. The Morgan fingerprint density at radius 2 is 1.78 bits per heavy atom. The lowest BCUT2D eigenvalue weighted by molar-refractivity contribution is 0.253. The highest BCUT2D eigenvalue weighted by atomic mass is 14.9. The first kappa shape index (κ1) is 14.7. The number of benzene rings is 1. The van der Waals surface area contributed by atoms with Crippen molar-refractivity contribution in [3.05, 3.63) is 35.9 Å². The van der Waals surface area contributed by atoms with E-state index in [-0.39, 0.29) is 5.92 Å². The summed E-state index contributed by atoms with van der Waals surface area (Å²) in [5, 5.41) is 12.6. The van der Waals surface area contributed by atoms with Crippen LogP contribution in [0.5, 0.6) is 0 Å². The van der Waals surface area contributed by atoms with Crippen molar-refractivity contribution in [1.82, 2.24) is 5.32 Å². The highest BCUT2D eigenvalue weighted by Crippen LogP contribution is 2.24. The zero-order valence-corrected chi connectivity index (χ0v) is 11.9. The smallest absolute Gasteiger partial charge is 0.0837 e. The molecule has 0 fully saturated rings. The van der Waals surface area contributed by atoms with Gasteiger partial charge in [-0.2, -0.15) is 5.26 Å². The summed E-state index contributed by atoms with van der Waals surface area (Å²) < 4.78 is 0. The second-order valence-electron chi connectivity index (χ2n) is 6.02. The van der Waals surface area contributed by atoms with Crippen LogP contribution in [0.1, 0.15) is 39.2 Å². The summed E-state index contributed by atoms with van der Waals surface area (Å²) in [6, 6.07) is 12.3.